The van der Waals surface area contributed by atoms with Gasteiger partial charge in [-0.1, -0.05) is 127 Å². The van der Waals surface area contributed by atoms with E-state index in [1.54, 1.807) is 0 Å². The van der Waals surface area contributed by atoms with Crippen LogP contribution in [0.25, 0.3) is 88.0 Å². The molecule has 0 radical (unpaired) electrons. The molecule has 0 bridgehead atoms. The number of hydrogen-bond donors (Lipinski definition) is 1. The molecule has 2 aromatic heterocycles. The predicted octanol–water partition coefficient (Wildman–Crippen LogP) is 12.9. The molecule has 4 heteroatoms. The SMILES string of the molecule is Cc1cccc2oc3ccc(-c4ccc5c6c(cccc46)-c4ccccc4-5)cc3c12.NC(=NCc1ccccc1)c1ccc2c(c1)oc1ccccc12. The second kappa shape index (κ2) is 12.4. The number of para-hydroxylation sites is 1. The first-order valence-corrected chi connectivity index (χ1v) is 17.9. The third kappa shape index (κ3) is 5.18. The maximum Gasteiger partial charge on any atom is 0.136 e. The van der Waals surface area contributed by atoms with Gasteiger partial charge >= 0.3 is 0 Å². The molecule has 2 heterocycles. The highest BCUT2D eigenvalue weighted by Gasteiger charge is 2.22. The van der Waals surface area contributed by atoms with Crippen molar-refractivity contribution in [2.24, 2.45) is 10.7 Å². The van der Waals surface area contributed by atoms with Crippen molar-refractivity contribution in [3.05, 3.63) is 180 Å². The molecule has 53 heavy (non-hydrogen) atoms. The van der Waals surface area contributed by atoms with Gasteiger partial charge in [0.1, 0.15) is 28.2 Å². The number of nitrogens with two attached hydrogens (primary N) is 1. The maximum absolute atomic E-state index is 6.14. The van der Waals surface area contributed by atoms with Crippen molar-refractivity contribution in [1.29, 1.82) is 0 Å². The Labute approximate surface area is 306 Å². The molecular formula is C49H34N2O2. The Morgan fingerprint density at radius 2 is 1.11 bits per heavy atom. The Morgan fingerprint density at radius 1 is 0.472 bits per heavy atom. The normalized spacial score (nSPS) is 12.1. The molecule has 0 saturated carbocycles. The number of aliphatic imine (C=N–C) groups is 1. The van der Waals surface area contributed by atoms with Crippen molar-refractivity contribution < 1.29 is 8.83 Å². The van der Waals surface area contributed by atoms with Crippen LogP contribution >= 0.6 is 0 Å². The molecule has 0 aliphatic heterocycles. The lowest BCUT2D eigenvalue weighted by Crippen LogP contribution is -2.13. The van der Waals surface area contributed by atoms with E-state index in [4.69, 9.17) is 14.6 Å². The van der Waals surface area contributed by atoms with Gasteiger partial charge in [0.2, 0.25) is 0 Å². The van der Waals surface area contributed by atoms with Gasteiger partial charge in [-0.3, -0.25) is 4.99 Å². The van der Waals surface area contributed by atoms with Gasteiger partial charge in [0.25, 0.3) is 0 Å². The van der Waals surface area contributed by atoms with Crippen LogP contribution in [0.2, 0.25) is 0 Å². The van der Waals surface area contributed by atoms with Crippen LogP contribution in [0.15, 0.2) is 178 Å². The van der Waals surface area contributed by atoms with Crippen molar-refractivity contribution in [2.45, 2.75) is 13.5 Å². The Kier molecular flexibility index (Phi) is 7.22. The zero-order chi connectivity index (χ0) is 35.5. The smallest absolute Gasteiger partial charge is 0.136 e. The molecule has 10 aromatic rings. The van der Waals surface area contributed by atoms with E-state index in [1.807, 2.05) is 66.7 Å². The second-order valence-corrected chi connectivity index (χ2v) is 13.7. The summed E-state index contributed by atoms with van der Waals surface area (Å²) in [5.41, 5.74) is 20.9. The highest BCUT2D eigenvalue weighted by Crippen LogP contribution is 2.49. The summed E-state index contributed by atoms with van der Waals surface area (Å²) in [6.45, 7) is 2.73. The third-order valence-electron chi connectivity index (χ3n) is 10.5. The van der Waals surface area contributed by atoms with E-state index in [-0.39, 0.29) is 0 Å². The van der Waals surface area contributed by atoms with Crippen molar-refractivity contribution in [3.8, 4) is 33.4 Å². The first kappa shape index (κ1) is 30.9. The lowest BCUT2D eigenvalue weighted by Gasteiger charge is -2.10. The van der Waals surface area contributed by atoms with Gasteiger partial charge in [0.15, 0.2) is 0 Å². The molecule has 0 spiro atoms. The molecule has 11 rings (SSSR count). The highest BCUT2D eigenvalue weighted by atomic mass is 16.3. The van der Waals surface area contributed by atoms with E-state index in [0.717, 1.165) is 44.2 Å². The number of nitrogens with zero attached hydrogens (tertiary/aromatic N) is 1. The lowest BCUT2D eigenvalue weighted by molar-refractivity contribution is 0.668. The Balaban J connectivity index is 0.000000137. The number of benzene rings is 8. The van der Waals surface area contributed by atoms with Gasteiger partial charge in [0, 0.05) is 27.1 Å². The third-order valence-corrected chi connectivity index (χ3v) is 10.5. The highest BCUT2D eigenvalue weighted by molar-refractivity contribution is 6.19. The number of amidine groups is 1. The predicted molar refractivity (Wildman–Crippen MR) is 220 cm³/mol. The summed E-state index contributed by atoms with van der Waals surface area (Å²) in [4.78, 5) is 4.48. The molecule has 0 fully saturated rings. The first-order valence-electron chi connectivity index (χ1n) is 17.9. The maximum atomic E-state index is 6.14. The quantitative estimate of drug-likeness (QED) is 0.148. The molecule has 4 nitrogen and oxygen atoms in total. The van der Waals surface area contributed by atoms with E-state index in [0.29, 0.717) is 12.4 Å². The number of rotatable bonds is 4. The van der Waals surface area contributed by atoms with Crippen LogP contribution in [0.5, 0.6) is 0 Å². The van der Waals surface area contributed by atoms with Crippen molar-refractivity contribution in [3.63, 3.8) is 0 Å². The average Bonchev–Trinajstić information content (AvgIpc) is 3.88. The van der Waals surface area contributed by atoms with Gasteiger partial charge in [-0.25, -0.2) is 0 Å². The molecule has 0 unspecified atom stereocenters. The van der Waals surface area contributed by atoms with Gasteiger partial charge in [-0.05, 0) is 98.6 Å². The van der Waals surface area contributed by atoms with E-state index in [1.165, 1.54) is 60.5 Å². The van der Waals surface area contributed by atoms with E-state index in [9.17, 15) is 0 Å². The Bertz CT molecular complexity index is 3030. The summed E-state index contributed by atoms with van der Waals surface area (Å²) in [7, 11) is 0. The Hall–Kier alpha value is -6.91. The van der Waals surface area contributed by atoms with Crippen LogP contribution in [0.4, 0.5) is 0 Å². The van der Waals surface area contributed by atoms with Gasteiger partial charge in [-0.15, -0.1) is 0 Å². The molecule has 252 valence electrons. The fourth-order valence-electron chi connectivity index (χ4n) is 7.97. The van der Waals surface area contributed by atoms with Crippen LogP contribution in [-0.4, -0.2) is 5.84 Å². The van der Waals surface area contributed by atoms with Crippen LogP contribution in [0.1, 0.15) is 16.7 Å². The summed E-state index contributed by atoms with van der Waals surface area (Å²) in [5, 5.41) is 7.29. The summed E-state index contributed by atoms with van der Waals surface area (Å²) in [6.07, 6.45) is 0. The molecule has 0 atom stereocenters. The fourth-order valence-corrected chi connectivity index (χ4v) is 7.97. The van der Waals surface area contributed by atoms with Crippen LogP contribution in [0, 0.1) is 6.92 Å². The number of fused-ring (bicyclic) bond motifs is 9. The monoisotopic (exact) mass is 682 g/mol. The number of hydrogen-bond acceptors (Lipinski definition) is 3. The van der Waals surface area contributed by atoms with Crippen molar-refractivity contribution in [1.82, 2.24) is 0 Å². The summed E-state index contributed by atoms with van der Waals surface area (Å²) in [5.74, 6) is 0.524. The molecule has 2 N–H and O–H groups in total. The molecule has 1 aliphatic rings. The van der Waals surface area contributed by atoms with E-state index < -0.39 is 0 Å². The molecule has 1 aliphatic carbocycles. The standard InChI is InChI=1S/C29H18O.C20H16N2O/c1-17-6-4-11-27-28(17)25-16-18(12-15-26(25)30-27)19-13-14-24-21-8-3-2-7-20(21)23-10-5-9-22(19)29(23)24;21-20(22-13-14-6-2-1-3-7-14)15-10-11-17-16-8-4-5-9-18(16)23-19(17)12-15/h2-16H,1H3;1-12H,13H2,(H2,21,22). The zero-order valence-corrected chi connectivity index (χ0v) is 29.1. The molecular weight excluding hydrogens is 649 g/mol. The minimum Gasteiger partial charge on any atom is -0.456 e. The topological polar surface area (TPSA) is 64.7 Å². The molecule has 0 amide bonds. The van der Waals surface area contributed by atoms with Gasteiger partial charge in [-0.2, -0.15) is 0 Å². The minimum atomic E-state index is 0.524. The zero-order valence-electron chi connectivity index (χ0n) is 29.1. The van der Waals surface area contributed by atoms with Crippen molar-refractivity contribution in [2.75, 3.05) is 0 Å². The fraction of sp³-hybridized carbons (Fsp3) is 0.0408. The first-order chi connectivity index (χ1) is 26.1. The van der Waals surface area contributed by atoms with Crippen LogP contribution in [-0.2, 0) is 6.54 Å². The number of furan rings is 2. The van der Waals surface area contributed by atoms with Crippen LogP contribution < -0.4 is 5.73 Å². The summed E-state index contributed by atoms with van der Waals surface area (Å²) in [6, 6.07) is 56.9. The molecule has 0 saturated heterocycles. The summed E-state index contributed by atoms with van der Waals surface area (Å²) >= 11 is 0. The van der Waals surface area contributed by atoms with E-state index >= 15 is 0 Å². The average molecular weight is 683 g/mol. The lowest BCUT2D eigenvalue weighted by atomic mass is 9.93. The minimum absolute atomic E-state index is 0.524. The molecule has 8 aromatic carbocycles. The largest absolute Gasteiger partial charge is 0.456 e. The van der Waals surface area contributed by atoms with Gasteiger partial charge in [0.05, 0.1) is 6.54 Å². The Morgan fingerprint density at radius 3 is 1.98 bits per heavy atom. The second-order valence-electron chi connectivity index (χ2n) is 13.7. The summed E-state index contributed by atoms with van der Waals surface area (Å²) < 4.78 is 12.0. The van der Waals surface area contributed by atoms with E-state index in [2.05, 4.69) is 109 Å². The van der Waals surface area contributed by atoms with Crippen LogP contribution in [0.3, 0.4) is 0 Å². The van der Waals surface area contributed by atoms with Gasteiger partial charge < -0.3 is 14.6 Å². The van der Waals surface area contributed by atoms with Crippen molar-refractivity contribution >= 4 is 60.5 Å². The number of aryl methyl sites for hydroxylation is 1.